The number of hydrogen-bond acceptors (Lipinski definition) is 4. The number of methoxy groups -OCH3 is 1. The predicted octanol–water partition coefficient (Wildman–Crippen LogP) is 3.74. The predicted molar refractivity (Wildman–Crippen MR) is 102 cm³/mol. The SMILES string of the molecule is COCc1ccc(C(=O)O[C@@H](C(=O)N2CCCCC2)c2ccccc2)cc1. The van der Waals surface area contributed by atoms with E-state index in [-0.39, 0.29) is 5.91 Å². The lowest BCUT2D eigenvalue weighted by atomic mass is 10.1. The van der Waals surface area contributed by atoms with E-state index in [1.807, 2.05) is 42.5 Å². The number of likely N-dealkylation sites (tertiary alicyclic amines) is 1. The lowest BCUT2D eigenvalue weighted by Gasteiger charge is -2.30. The van der Waals surface area contributed by atoms with Gasteiger partial charge < -0.3 is 14.4 Å². The summed E-state index contributed by atoms with van der Waals surface area (Å²) in [5, 5.41) is 0. The van der Waals surface area contributed by atoms with Crippen LogP contribution in [0.5, 0.6) is 0 Å². The van der Waals surface area contributed by atoms with Crippen molar-refractivity contribution in [2.75, 3.05) is 20.2 Å². The van der Waals surface area contributed by atoms with Crippen LogP contribution >= 0.6 is 0 Å². The Kier molecular flexibility index (Phi) is 6.60. The molecule has 0 aliphatic carbocycles. The quantitative estimate of drug-likeness (QED) is 0.730. The molecule has 0 unspecified atom stereocenters. The Labute approximate surface area is 159 Å². The van der Waals surface area contributed by atoms with E-state index in [1.54, 1.807) is 24.1 Å². The lowest BCUT2D eigenvalue weighted by molar-refractivity contribution is -0.142. The number of esters is 1. The zero-order valence-electron chi connectivity index (χ0n) is 15.6. The van der Waals surface area contributed by atoms with E-state index < -0.39 is 12.1 Å². The third-order valence-electron chi connectivity index (χ3n) is 4.72. The third-order valence-corrected chi connectivity index (χ3v) is 4.72. The van der Waals surface area contributed by atoms with E-state index in [4.69, 9.17) is 9.47 Å². The molecule has 1 fully saturated rings. The van der Waals surface area contributed by atoms with Crippen LogP contribution in [0, 0.1) is 0 Å². The van der Waals surface area contributed by atoms with Crippen LogP contribution in [-0.4, -0.2) is 37.0 Å². The van der Waals surface area contributed by atoms with Crippen LogP contribution in [0.3, 0.4) is 0 Å². The van der Waals surface area contributed by atoms with Crippen molar-refractivity contribution in [2.24, 2.45) is 0 Å². The molecular weight excluding hydrogens is 342 g/mol. The van der Waals surface area contributed by atoms with Gasteiger partial charge in [0.25, 0.3) is 5.91 Å². The first-order valence-corrected chi connectivity index (χ1v) is 9.31. The monoisotopic (exact) mass is 367 g/mol. The molecule has 5 heteroatoms. The molecule has 0 spiro atoms. The smallest absolute Gasteiger partial charge is 0.339 e. The number of amides is 1. The van der Waals surface area contributed by atoms with Gasteiger partial charge in [-0.05, 0) is 37.0 Å². The van der Waals surface area contributed by atoms with Crippen LogP contribution in [0.15, 0.2) is 54.6 Å². The second-order valence-corrected chi connectivity index (χ2v) is 6.71. The number of piperidine rings is 1. The zero-order chi connectivity index (χ0) is 19.1. The molecule has 2 aromatic carbocycles. The number of ether oxygens (including phenoxy) is 2. The summed E-state index contributed by atoms with van der Waals surface area (Å²) >= 11 is 0. The maximum Gasteiger partial charge on any atom is 0.339 e. The van der Waals surface area contributed by atoms with E-state index in [9.17, 15) is 9.59 Å². The highest BCUT2D eigenvalue weighted by atomic mass is 16.5. The minimum atomic E-state index is -0.921. The molecule has 0 N–H and O–H groups in total. The van der Waals surface area contributed by atoms with Crippen molar-refractivity contribution >= 4 is 11.9 Å². The summed E-state index contributed by atoms with van der Waals surface area (Å²) in [6, 6.07) is 16.3. The summed E-state index contributed by atoms with van der Waals surface area (Å²) in [6.07, 6.45) is 2.19. The normalized spacial score (nSPS) is 15.2. The second-order valence-electron chi connectivity index (χ2n) is 6.71. The molecule has 1 amide bonds. The van der Waals surface area contributed by atoms with Gasteiger partial charge in [-0.15, -0.1) is 0 Å². The molecule has 0 aromatic heterocycles. The lowest BCUT2D eigenvalue weighted by Crippen LogP contribution is -2.40. The maximum atomic E-state index is 13.0. The van der Waals surface area contributed by atoms with Gasteiger partial charge in [-0.3, -0.25) is 4.79 Å². The molecule has 27 heavy (non-hydrogen) atoms. The average Bonchev–Trinajstić information content (AvgIpc) is 2.73. The summed E-state index contributed by atoms with van der Waals surface area (Å²) in [7, 11) is 1.62. The Morgan fingerprint density at radius 3 is 2.26 bits per heavy atom. The molecule has 0 saturated carbocycles. The molecule has 142 valence electrons. The molecular formula is C22H25NO4. The van der Waals surface area contributed by atoms with E-state index >= 15 is 0 Å². The topological polar surface area (TPSA) is 55.8 Å². The third kappa shape index (κ3) is 4.95. The highest BCUT2D eigenvalue weighted by molar-refractivity contribution is 5.92. The molecule has 0 bridgehead atoms. The van der Waals surface area contributed by atoms with Crippen LogP contribution in [0.4, 0.5) is 0 Å². The first kappa shape index (κ1) is 19.1. The van der Waals surface area contributed by atoms with E-state index in [2.05, 4.69) is 0 Å². The molecule has 1 heterocycles. The fraction of sp³-hybridized carbons (Fsp3) is 0.364. The van der Waals surface area contributed by atoms with E-state index in [0.717, 1.165) is 24.8 Å². The van der Waals surface area contributed by atoms with Crippen LogP contribution in [-0.2, 0) is 20.9 Å². The first-order chi connectivity index (χ1) is 13.2. The van der Waals surface area contributed by atoms with E-state index in [1.165, 1.54) is 0 Å². The van der Waals surface area contributed by atoms with Crippen LogP contribution in [0.2, 0.25) is 0 Å². The molecule has 2 aromatic rings. The number of carbonyl (C=O) groups excluding carboxylic acids is 2. The average molecular weight is 367 g/mol. The van der Waals surface area contributed by atoms with Crippen molar-refractivity contribution in [3.8, 4) is 0 Å². The Morgan fingerprint density at radius 2 is 1.63 bits per heavy atom. The minimum Gasteiger partial charge on any atom is -0.444 e. The number of benzene rings is 2. The Morgan fingerprint density at radius 1 is 0.963 bits per heavy atom. The number of nitrogens with zero attached hydrogens (tertiary/aromatic N) is 1. The molecule has 1 aliphatic heterocycles. The van der Waals surface area contributed by atoms with Crippen molar-refractivity contribution < 1.29 is 19.1 Å². The Bertz CT molecular complexity index is 752. The summed E-state index contributed by atoms with van der Waals surface area (Å²) in [4.78, 5) is 27.5. The number of carbonyl (C=O) groups is 2. The minimum absolute atomic E-state index is 0.148. The van der Waals surface area contributed by atoms with Gasteiger partial charge >= 0.3 is 5.97 Å². The van der Waals surface area contributed by atoms with Crippen molar-refractivity contribution in [1.29, 1.82) is 0 Å². The van der Waals surface area contributed by atoms with Gasteiger partial charge in [0.1, 0.15) is 0 Å². The van der Waals surface area contributed by atoms with E-state index in [0.29, 0.717) is 30.8 Å². The van der Waals surface area contributed by atoms with Gasteiger partial charge in [0.2, 0.25) is 6.10 Å². The van der Waals surface area contributed by atoms with Crippen LogP contribution in [0.25, 0.3) is 0 Å². The van der Waals surface area contributed by atoms with Crippen molar-refractivity contribution in [1.82, 2.24) is 4.90 Å². The van der Waals surface area contributed by atoms with Gasteiger partial charge in [-0.2, -0.15) is 0 Å². The largest absolute Gasteiger partial charge is 0.444 e. The van der Waals surface area contributed by atoms with Crippen LogP contribution in [0.1, 0.15) is 46.9 Å². The molecule has 3 rings (SSSR count). The van der Waals surface area contributed by atoms with Crippen molar-refractivity contribution in [3.05, 3.63) is 71.3 Å². The number of rotatable bonds is 6. The Hall–Kier alpha value is -2.66. The van der Waals surface area contributed by atoms with Gasteiger partial charge in [0.05, 0.1) is 12.2 Å². The van der Waals surface area contributed by atoms with Crippen LogP contribution < -0.4 is 0 Å². The molecule has 0 radical (unpaired) electrons. The zero-order valence-corrected chi connectivity index (χ0v) is 15.6. The van der Waals surface area contributed by atoms with Crippen molar-refractivity contribution in [3.63, 3.8) is 0 Å². The second kappa shape index (κ2) is 9.33. The molecule has 5 nitrogen and oxygen atoms in total. The number of hydrogen-bond donors (Lipinski definition) is 0. The molecule has 1 saturated heterocycles. The van der Waals surface area contributed by atoms with Crippen molar-refractivity contribution in [2.45, 2.75) is 32.0 Å². The molecule has 1 aliphatic rings. The summed E-state index contributed by atoms with van der Waals surface area (Å²) in [5.41, 5.74) is 2.08. The fourth-order valence-electron chi connectivity index (χ4n) is 3.25. The van der Waals surface area contributed by atoms with Gasteiger partial charge in [-0.1, -0.05) is 42.5 Å². The maximum absolute atomic E-state index is 13.0. The standard InChI is InChI=1S/C22H25NO4/c1-26-16-17-10-12-19(13-11-17)22(25)27-20(18-8-4-2-5-9-18)21(24)23-14-6-3-7-15-23/h2,4-5,8-13,20H,3,6-7,14-16H2,1H3/t20-/m1/s1. The van der Waals surface area contributed by atoms with Gasteiger partial charge in [0.15, 0.2) is 0 Å². The first-order valence-electron chi connectivity index (χ1n) is 9.31. The highest BCUT2D eigenvalue weighted by Crippen LogP contribution is 2.24. The Balaban J connectivity index is 1.78. The summed E-state index contributed by atoms with van der Waals surface area (Å²) in [6.45, 7) is 1.91. The van der Waals surface area contributed by atoms with Gasteiger partial charge in [0, 0.05) is 25.8 Å². The summed E-state index contributed by atoms with van der Waals surface area (Å²) < 4.78 is 10.8. The highest BCUT2D eigenvalue weighted by Gasteiger charge is 2.30. The molecule has 1 atom stereocenters. The fourth-order valence-corrected chi connectivity index (χ4v) is 3.25. The van der Waals surface area contributed by atoms with Gasteiger partial charge in [-0.25, -0.2) is 4.79 Å². The summed E-state index contributed by atoms with van der Waals surface area (Å²) in [5.74, 6) is -0.650.